The van der Waals surface area contributed by atoms with Crippen LogP contribution in [0.1, 0.15) is 27.9 Å². The molecule has 2 aromatic rings. The SMILES string of the molecule is CCn1ncc(Cl)c1C(=O)Nc1cnn(C)c1C(=O)OC. The van der Waals surface area contributed by atoms with Crippen LogP contribution < -0.4 is 5.32 Å². The molecule has 0 saturated carbocycles. The number of methoxy groups -OCH3 is 1. The summed E-state index contributed by atoms with van der Waals surface area (Å²) in [4.78, 5) is 24.0. The Morgan fingerprint density at radius 2 is 2.05 bits per heavy atom. The van der Waals surface area contributed by atoms with Gasteiger partial charge in [0.05, 0.1) is 30.2 Å². The molecule has 2 rings (SSSR count). The van der Waals surface area contributed by atoms with Gasteiger partial charge in [0.1, 0.15) is 5.69 Å². The van der Waals surface area contributed by atoms with Crippen molar-refractivity contribution in [1.29, 1.82) is 0 Å². The van der Waals surface area contributed by atoms with E-state index in [-0.39, 0.29) is 22.1 Å². The summed E-state index contributed by atoms with van der Waals surface area (Å²) in [5.41, 5.74) is 0.609. The van der Waals surface area contributed by atoms with Crippen molar-refractivity contribution in [3.05, 3.63) is 28.8 Å². The molecule has 112 valence electrons. The van der Waals surface area contributed by atoms with Gasteiger partial charge in [-0.25, -0.2) is 4.79 Å². The lowest BCUT2D eigenvalue weighted by atomic mass is 10.3. The Bertz CT molecular complexity index is 691. The molecule has 0 saturated heterocycles. The number of halogens is 1. The Morgan fingerprint density at radius 1 is 1.33 bits per heavy atom. The van der Waals surface area contributed by atoms with Crippen LogP contribution in [0.2, 0.25) is 5.02 Å². The number of carbonyl (C=O) groups excluding carboxylic acids is 2. The van der Waals surface area contributed by atoms with E-state index in [0.29, 0.717) is 6.54 Å². The number of ether oxygens (including phenoxy) is 1. The van der Waals surface area contributed by atoms with Crippen LogP contribution in [0.5, 0.6) is 0 Å². The highest BCUT2D eigenvalue weighted by molar-refractivity contribution is 6.34. The first-order valence-electron chi connectivity index (χ1n) is 6.12. The molecule has 0 spiro atoms. The molecule has 0 aliphatic heterocycles. The van der Waals surface area contributed by atoms with E-state index in [2.05, 4.69) is 20.3 Å². The van der Waals surface area contributed by atoms with Gasteiger partial charge < -0.3 is 10.1 Å². The quantitative estimate of drug-likeness (QED) is 0.860. The summed E-state index contributed by atoms with van der Waals surface area (Å²) >= 11 is 5.96. The van der Waals surface area contributed by atoms with Gasteiger partial charge in [-0.3, -0.25) is 14.2 Å². The Kier molecular flexibility index (Phi) is 4.27. The summed E-state index contributed by atoms with van der Waals surface area (Å²) in [7, 11) is 2.83. The van der Waals surface area contributed by atoms with Gasteiger partial charge >= 0.3 is 5.97 Å². The zero-order chi connectivity index (χ0) is 15.6. The highest BCUT2D eigenvalue weighted by Crippen LogP contribution is 2.20. The van der Waals surface area contributed by atoms with Crippen LogP contribution in [0.3, 0.4) is 0 Å². The first kappa shape index (κ1) is 15.0. The van der Waals surface area contributed by atoms with Crippen LogP contribution in [0.25, 0.3) is 0 Å². The largest absolute Gasteiger partial charge is 0.464 e. The van der Waals surface area contributed by atoms with E-state index in [1.165, 1.54) is 28.9 Å². The van der Waals surface area contributed by atoms with Crippen molar-refractivity contribution in [2.24, 2.45) is 7.05 Å². The lowest BCUT2D eigenvalue weighted by Crippen LogP contribution is -2.20. The Hall–Kier alpha value is -2.35. The van der Waals surface area contributed by atoms with Crippen LogP contribution in [0, 0.1) is 0 Å². The maximum Gasteiger partial charge on any atom is 0.358 e. The number of carbonyl (C=O) groups is 2. The van der Waals surface area contributed by atoms with Gasteiger partial charge in [0.2, 0.25) is 0 Å². The number of nitrogens with zero attached hydrogens (tertiary/aromatic N) is 4. The van der Waals surface area contributed by atoms with Crippen LogP contribution in [-0.2, 0) is 18.3 Å². The van der Waals surface area contributed by atoms with E-state index in [0.717, 1.165) is 0 Å². The van der Waals surface area contributed by atoms with E-state index in [9.17, 15) is 9.59 Å². The van der Waals surface area contributed by atoms with Crippen molar-refractivity contribution < 1.29 is 14.3 Å². The average Bonchev–Trinajstić information content (AvgIpc) is 3.01. The summed E-state index contributed by atoms with van der Waals surface area (Å²) in [5, 5.41) is 10.7. The van der Waals surface area contributed by atoms with Crippen LogP contribution in [-0.4, -0.2) is 38.5 Å². The normalized spacial score (nSPS) is 10.5. The predicted octanol–water partition coefficient (Wildman–Crippen LogP) is 1.33. The molecular weight excluding hydrogens is 298 g/mol. The number of hydrogen-bond donors (Lipinski definition) is 1. The van der Waals surface area contributed by atoms with Crippen LogP contribution in [0.15, 0.2) is 12.4 Å². The molecule has 2 aromatic heterocycles. The molecule has 1 N–H and O–H groups in total. The lowest BCUT2D eigenvalue weighted by Gasteiger charge is -2.08. The predicted molar refractivity (Wildman–Crippen MR) is 75.4 cm³/mol. The smallest absolute Gasteiger partial charge is 0.358 e. The van der Waals surface area contributed by atoms with Crippen molar-refractivity contribution in [3.63, 3.8) is 0 Å². The van der Waals surface area contributed by atoms with Gasteiger partial charge in [-0.2, -0.15) is 10.2 Å². The maximum atomic E-state index is 12.3. The fourth-order valence-corrected chi connectivity index (χ4v) is 2.10. The molecule has 0 unspecified atom stereocenters. The van der Waals surface area contributed by atoms with Crippen molar-refractivity contribution >= 4 is 29.2 Å². The summed E-state index contributed by atoms with van der Waals surface area (Å²) in [6.07, 6.45) is 2.76. The van der Waals surface area contributed by atoms with Gasteiger partial charge in [0.15, 0.2) is 5.69 Å². The van der Waals surface area contributed by atoms with Crippen molar-refractivity contribution in [2.45, 2.75) is 13.5 Å². The number of hydrogen-bond acceptors (Lipinski definition) is 5. The molecular formula is C12H14ClN5O3. The molecule has 0 atom stereocenters. The molecule has 0 radical (unpaired) electrons. The van der Waals surface area contributed by atoms with Gasteiger partial charge in [-0.05, 0) is 6.92 Å². The minimum Gasteiger partial charge on any atom is -0.464 e. The molecule has 0 aliphatic rings. The number of nitrogens with one attached hydrogen (secondary N) is 1. The third-order valence-electron chi connectivity index (χ3n) is 2.88. The third-order valence-corrected chi connectivity index (χ3v) is 3.15. The van der Waals surface area contributed by atoms with E-state index in [1.807, 2.05) is 6.92 Å². The maximum absolute atomic E-state index is 12.3. The van der Waals surface area contributed by atoms with Crippen molar-refractivity contribution in [1.82, 2.24) is 19.6 Å². The van der Waals surface area contributed by atoms with Gasteiger partial charge in [-0.15, -0.1) is 0 Å². The third kappa shape index (κ3) is 2.75. The molecule has 0 bridgehead atoms. The van der Waals surface area contributed by atoms with Gasteiger partial charge in [0.25, 0.3) is 5.91 Å². The number of amides is 1. The molecule has 0 aliphatic carbocycles. The minimum atomic E-state index is -0.597. The summed E-state index contributed by atoms with van der Waals surface area (Å²) in [5.74, 6) is -1.07. The number of aryl methyl sites for hydroxylation is 2. The molecule has 2 heterocycles. The number of aromatic nitrogens is 4. The second kappa shape index (κ2) is 5.96. The summed E-state index contributed by atoms with van der Waals surface area (Å²) < 4.78 is 7.45. The van der Waals surface area contributed by atoms with Gasteiger partial charge in [0, 0.05) is 13.6 Å². The van der Waals surface area contributed by atoms with Crippen molar-refractivity contribution in [3.8, 4) is 0 Å². The summed E-state index contributed by atoms with van der Waals surface area (Å²) in [6, 6.07) is 0. The molecule has 9 heteroatoms. The average molecular weight is 312 g/mol. The zero-order valence-electron chi connectivity index (χ0n) is 11.8. The van der Waals surface area contributed by atoms with E-state index in [4.69, 9.17) is 11.6 Å². The minimum absolute atomic E-state index is 0.143. The first-order valence-corrected chi connectivity index (χ1v) is 6.50. The fraction of sp³-hybridized carbons (Fsp3) is 0.333. The molecule has 8 nitrogen and oxygen atoms in total. The fourth-order valence-electron chi connectivity index (χ4n) is 1.88. The standard InChI is InChI=1S/C12H14ClN5O3/c1-4-18-9(7(13)5-15-18)11(19)16-8-6-14-17(2)10(8)12(20)21-3/h5-6H,4H2,1-3H3,(H,16,19). The van der Waals surface area contributed by atoms with Gasteiger partial charge in [-0.1, -0.05) is 11.6 Å². The second-order valence-electron chi connectivity index (χ2n) is 4.13. The van der Waals surface area contributed by atoms with Crippen molar-refractivity contribution in [2.75, 3.05) is 12.4 Å². The molecule has 0 fully saturated rings. The number of rotatable bonds is 4. The monoisotopic (exact) mass is 311 g/mol. The Morgan fingerprint density at radius 3 is 2.67 bits per heavy atom. The van der Waals surface area contributed by atoms with Crippen LogP contribution >= 0.6 is 11.6 Å². The highest BCUT2D eigenvalue weighted by Gasteiger charge is 2.22. The summed E-state index contributed by atoms with van der Waals surface area (Å²) in [6.45, 7) is 2.33. The number of anilines is 1. The highest BCUT2D eigenvalue weighted by atomic mass is 35.5. The zero-order valence-corrected chi connectivity index (χ0v) is 12.5. The topological polar surface area (TPSA) is 91.0 Å². The van der Waals surface area contributed by atoms with E-state index in [1.54, 1.807) is 7.05 Å². The van der Waals surface area contributed by atoms with E-state index >= 15 is 0 Å². The molecule has 21 heavy (non-hydrogen) atoms. The van der Waals surface area contributed by atoms with Crippen LogP contribution in [0.4, 0.5) is 5.69 Å². The molecule has 0 aromatic carbocycles. The Balaban J connectivity index is 2.32. The lowest BCUT2D eigenvalue weighted by molar-refractivity contribution is 0.0589. The first-order chi connectivity index (χ1) is 9.99. The van der Waals surface area contributed by atoms with E-state index < -0.39 is 11.9 Å². The Labute approximate surface area is 125 Å². The second-order valence-corrected chi connectivity index (χ2v) is 4.54. The number of esters is 1. The molecule has 1 amide bonds.